The molecule has 16 heavy (non-hydrogen) atoms. The third kappa shape index (κ3) is 8.98. The molecule has 0 aromatic heterocycles. The number of carbonyl (C=O) groups excluding carboxylic acids is 2. The van der Waals surface area contributed by atoms with Crippen LogP contribution in [0.3, 0.4) is 0 Å². The van der Waals surface area contributed by atoms with Crippen LogP contribution in [0.5, 0.6) is 0 Å². The summed E-state index contributed by atoms with van der Waals surface area (Å²) in [6, 6.07) is 0. The van der Waals surface area contributed by atoms with E-state index in [9.17, 15) is 14.4 Å². The van der Waals surface area contributed by atoms with Crippen LogP contribution in [0.2, 0.25) is 0 Å². The van der Waals surface area contributed by atoms with Crippen molar-refractivity contribution in [3.05, 3.63) is 0 Å². The zero-order chi connectivity index (χ0) is 12.8. The largest absolute Gasteiger partial charge is 0.480 e. The van der Waals surface area contributed by atoms with E-state index >= 15 is 0 Å². The first kappa shape index (κ1) is 14.4. The molecular formula is C10H18N2O4. The molecule has 6 heteroatoms. The predicted molar refractivity (Wildman–Crippen MR) is 57.8 cm³/mol. The zero-order valence-corrected chi connectivity index (χ0v) is 9.79. The van der Waals surface area contributed by atoms with Crippen LogP contribution >= 0.6 is 0 Å². The van der Waals surface area contributed by atoms with Crippen LogP contribution in [-0.4, -0.2) is 35.0 Å². The lowest BCUT2D eigenvalue weighted by Gasteiger charge is -2.20. The molecule has 0 heterocycles. The minimum Gasteiger partial charge on any atom is -0.480 e. The number of carboxylic acid groups (broad SMARTS) is 1. The van der Waals surface area contributed by atoms with Crippen LogP contribution < -0.4 is 10.6 Å². The summed E-state index contributed by atoms with van der Waals surface area (Å²) in [6.07, 6.45) is 0.0535. The third-order valence-electron chi connectivity index (χ3n) is 1.53. The molecule has 0 atom stereocenters. The van der Waals surface area contributed by atoms with E-state index in [1.807, 2.05) is 20.8 Å². The van der Waals surface area contributed by atoms with Crippen molar-refractivity contribution in [1.29, 1.82) is 0 Å². The van der Waals surface area contributed by atoms with Gasteiger partial charge in [0.15, 0.2) is 0 Å². The Hall–Kier alpha value is -1.59. The molecule has 0 radical (unpaired) electrons. The molecule has 6 nitrogen and oxygen atoms in total. The number of hydrogen-bond donors (Lipinski definition) is 3. The van der Waals surface area contributed by atoms with Gasteiger partial charge in [0.2, 0.25) is 11.8 Å². The molecule has 3 N–H and O–H groups in total. The normalized spacial score (nSPS) is 10.7. The molecular weight excluding hydrogens is 212 g/mol. The second-order valence-corrected chi connectivity index (χ2v) is 4.47. The summed E-state index contributed by atoms with van der Waals surface area (Å²) < 4.78 is 0. The van der Waals surface area contributed by atoms with Gasteiger partial charge in [-0.25, -0.2) is 0 Å². The van der Waals surface area contributed by atoms with Gasteiger partial charge in [-0.15, -0.1) is 0 Å². The first-order valence-corrected chi connectivity index (χ1v) is 5.00. The molecule has 0 bridgehead atoms. The molecule has 0 aromatic rings. The second kappa shape index (κ2) is 6.09. The highest BCUT2D eigenvalue weighted by Crippen LogP contribution is 2.00. The molecule has 2 amide bonds. The number of hydrogen-bond acceptors (Lipinski definition) is 3. The number of nitrogens with one attached hydrogen (secondary N) is 2. The molecule has 92 valence electrons. The number of amides is 2. The van der Waals surface area contributed by atoms with Crippen molar-refractivity contribution in [2.24, 2.45) is 0 Å². The van der Waals surface area contributed by atoms with Crippen molar-refractivity contribution in [2.75, 3.05) is 6.54 Å². The minimum absolute atomic E-state index is 0.00477. The van der Waals surface area contributed by atoms with E-state index in [1.54, 1.807) is 0 Å². The van der Waals surface area contributed by atoms with E-state index in [4.69, 9.17) is 5.11 Å². The van der Waals surface area contributed by atoms with Gasteiger partial charge in [0.1, 0.15) is 6.54 Å². The molecule has 0 aromatic carbocycles. The molecule has 0 saturated heterocycles. The molecule has 0 spiro atoms. The molecule has 0 aliphatic heterocycles. The molecule has 0 aliphatic rings. The molecule has 0 rings (SSSR count). The summed E-state index contributed by atoms with van der Waals surface area (Å²) in [4.78, 5) is 32.5. The van der Waals surface area contributed by atoms with E-state index in [2.05, 4.69) is 10.6 Å². The van der Waals surface area contributed by atoms with E-state index in [0.717, 1.165) is 0 Å². The lowest BCUT2D eigenvalue weighted by atomic mass is 10.1. The van der Waals surface area contributed by atoms with Crippen molar-refractivity contribution in [2.45, 2.75) is 39.2 Å². The van der Waals surface area contributed by atoms with Gasteiger partial charge in [-0.1, -0.05) is 0 Å². The minimum atomic E-state index is -1.10. The van der Waals surface area contributed by atoms with Crippen molar-refractivity contribution in [1.82, 2.24) is 10.6 Å². The first-order valence-electron chi connectivity index (χ1n) is 5.00. The summed E-state index contributed by atoms with van der Waals surface area (Å²) in [5, 5.41) is 13.2. The fraction of sp³-hybridized carbons (Fsp3) is 0.700. The summed E-state index contributed by atoms with van der Waals surface area (Å²) in [6.45, 7) is 5.11. The van der Waals surface area contributed by atoms with Gasteiger partial charge in [0.25, 0.3) is 0 Å². The van der Waals surface area contributed by atoms with Crippen molar-refractivity contribution < 1.29 is 19.5 Å². The Bertz CT molecular complexity index is 281. The van der Waals surface area contributed by atoms with Gasteiger partial charge < -0.3 is 15.7 Å². The maximum atomic E-state index is 11.3. The Morgan fingerprint density at radius 3 is 2.00 bits per heavy atom. The summed E-state index contributed by atoms with van der Waals surface area (Å²) in [5.74, 6) is -1.77. The monoisotopic (exact) mass is 230 g/mol. The lowest BCUT2D eigenvalue weighted by Crippen LogP contribution is -2.41. The Morgan fingerprint density at radius 1 is 1.06 bits per heavy atom. The molecule has 0 unspecified atom stereocenters. The average molecular weight is 230 g/mol. The van der Waals surface area contributed by atoms with Crippen molar-refractivity contribution in [3.63, 3.8) is 0 Å². The smallest absolute Gasteiger partial charge is 0.322 e. The van der Waals surface area contributed by atoms with Gasteiger partial charge in [-0.2, -0.15) is 0 Å². The standard InChI is InChI=1S/C10H18N2O4/c1-10(2,3)12-8(14)5-4-7(13)11-6-9(15)16/h4-6H2,1-3H3,(H,11,13)(H,12,14)(H,15,16). The molecule has 0 saturated carbocycles. The first-order chi connectivity index (χ1) is 7.20. The van der Waals surface area contributed by atoms with Crippen molar-refractivity contribution >= 4 is 17.8 Å². The van der Waals surface area contributed by atoms with Gasteiger partial charge in [-0.3, -0.25) is 14.4 Å². The van der Waals surface area contributed by atoms with Crippen molar-refractivity contribution in [3.8, 4) is 0 Å². The van der Waals surface area contributed by atoms with Gasteiger partial charge in [0.05, 0.1) is 0 Å². The van der Waals surface area contributed by atoms with E-state index < -0.39 is 18.4 Å². The van der Waals surface area contributed by atoms with Crippen LogP contribution in [0.25, 0.3) is 0 Å². The van der Waals surface area contributed by atoms with Crippen LogP contribution in [0.1, 0.15) is 33.6 Å². The van der Waals surface area contributed by atoms with Crippen LogP contribution in [0.4, 0.5) is 0 Å². The van der Waals surface area contributed by atoms with E-state index in [1.165, 1.54) is 0 Å². The highest BCUT2D eigenvalue weighted by Gasteiger charge is 2.14. The van der Waals surface area contributed by atoms with E-state index in [-0.39, 0.29) is 24.3 Å². The topological polar surface area (TPSA) is 95.5 Å². The number of carboxylic acids is 1. The number of carbonyl (C=O) groups is 3. The number of rotatable bonds is 5. The van der Waals surface area contributed by atoms with E-state index in [0.29, 0.717) is 0 Å². The average Bonchev–Trinajstić information content (AvgIpc) is 2.08. The lowest BCUT2D eigenvalue weighted by molar-refractivity contribution is -0.138. The maximum Gasteiger partial charge on any atom is 0.322 e. The number of aliphatic carboxylic acids is 1. The third-order valence-corrected chi connectivity index (χ3v) is 1.53. The Labute approximate surface area is 94.4 Å². The maximum absolute atomic E-state index is 11.3. The van der Waals surface area contributed by atoms with Gasteiger partial charge in [-0.05, 0) is 20.8 Å². The highest BCUT2D eigenvalue weighted by molar-refractivity contribution is 5.85. The quantitative estimate of drug-likeness (QED) is 0.613. The SMILES string of the molecule is CC(C)(C)NC(=O)CCC(=O)NCC(=O)O. The molecule has 0 fully saturated rings. The Morgan fingerprint density at radius 2 is 1.56 bits per heavy atom. The van der Waals surface area contributed by atoms with Gasteiger partial charge >= 0.3 is 5.97 Å². The van der Waals surface area contributed by atoms with Crippen LogP contribution in [0.15, 0.2) is 0 Å². The zero-order valence-electron chi connectivity index (χ0n) is 9.79. The summed E-state index contributed by atoms with van der Waals surface area (Å²) >= 11 is 0. The summed E-state index contributed by atoms with van der Waals surface area (Å²) in [7, 11) is 0. The Kier molecular flexibility index (Phi) is 5.49. The Balaban J connectivity index is 3.76. The second-order valence-electron chi connectivity index (χ2n) is 4.47. The van der Waals surface area contributed by atoms with Crippen LogP contribution in [-0.2, 0) is 14.4 Å². The summed E-state index contributed by atoms with van der Waals surface area (Å²) in [5.41, 5.74) is -0.325. The fourth-order valence-corrected chi connectivity index (χ4v) is 0.970. The highest BCUT2D eigenvalue weighted by atomic mass is 16.4. The predicted octanol–water partition coefficient (Wildman–Crippen LogP) is -0.118. The van der Waals surface area contributed by atoms with Gasteiger partial charge in [0, 0.05) is 18.4 Å². The molecule has 0 aliphatic carbocycles. The fourth-order valence-electron chi connectivity index (χ4n) is 0.970. The van der Waals surface area contributed by atoms with Crippen LogP contribution in [0, 0.1) is 0 Å².